The predicted octanol–water partition coefficient (Wildman–Crippen LogP) is -4.21. The molecular weight excluding hydrogens is 236 g/mol. The first-order chi connectivity index (χ1) is 7.97. The Morgan fingerprint density at radius 2 is 1.53 bits per heavy atom. The van der Waals surface area contributed by atoms with E-state index in [4.69, 9.17) is 40.5 Å². The minimum Gasteiger partial charge on any atom is -0.394 e. The number of hydrogen-bond acceptors (Lipinski definition) is 8. The second-order valence-corrected chi connectivity index (χ2v) is 3.62. The first kappa shape index (κ1) is 16.7. The van der Waals surface area contributed by atoms with Crippen molar-refractivity contribution >= 4 is 0 Å². The van der Waals surface area contributed by atoms with Gasteiger partial charge in [0.15, 0.2) is 0 Å². The van der Waals surface area contributed by atoms with Gasteiger partial charge in [0.05, 0.1) is 26.4 Å². The summed E-state index contributed by atoms with van der Waals surface area (Å²) in [7, 11) is 0. The van der Waals surface area contributed by atoms with Gasteiger partial charge in [0, 0.05) is 0 Å². The van der Waals surface area contributed by atoms with Gasteiger partial charge in [0.25, 0.3) is 0 Å². The van der Waals surface area contributed by atoms with Crippen LogP contribution in [0.1, 0.15) is 0 Å². The smallest absolute Gasteiger partial charge is 0.111 e. The lowest BCUT2D eigenvalue weighted by Crippen LogP contribution is -2.53. The van der Waals surface area contributed by atoms with Gasteiger partial charge in [-0.05, 0) is 0 Å². The first-order valence-electron chi connectivity index (χ1n) is 5.14. The summed E-state index contributed by atoms with van der Waals surface area (Å²) in [5.41, 5.74) is 0. The summed E-state index contributed by atoms with van der Waals surface area (Å²) in [6.45, 7) is -1.14. The molecule has 0 aromatic carbocycles. The Kier molecular flexibility index (Phi) is 8.56. The van der Waals surface area contributed by atoms with Crippen LogP contribution in [0.25, 0.3) is 0 Å². The molecule has 0 spiro atoms. The van der Waals surface area contributed by atoms with E-state index < -0.39 is 30.5 Å². The van der Waals surface area contributed by atoms with Crippen molar-refractivity contribution in [3.63, 3.8) is 0 Å². The standard InChI is InChI=1S/C6H12O5.C3H8O3/c7-1-4-6(10)5(9)3(8)2-11-4;4-1-3(6)2-5/h3-10H,1-2H2;3-6H,1-2H2/t3-,4+,5+,6-;/m0./s1. The molecule has 0 aromatic rings. The fraction of sp³-hybridized carbons (Fsp3) is 1.00. The molecule has 0 amide bonds. The number of hydrogen-bond donors (Lipinski definition) is 7. The van der Waals surface area contributed by atoms with Gasteiger partial charge in [-0.15, -0.1) is 0 Å². The van der Waals surface area contributed by atoms with E-state index in [1.54, 1.807) is 0 Å². The maximum absolute atomic E-state index is 9.11. The molecule has 1 rings (SSSR count). The van der Waals surface area contributed by atoms with E-state index in [9.17, 15) is 0 Å². The van der Waals surface area contributed by atoms with Gasteiger partial charge in [-0.3, -0.25) is 0 Å². The quantitative estimate of drug-likeness (QED) is 0.268. The third-order valence-electron chi connectivity index (χ3n) is 2.21. The Morgan fingerprint density at radius 3 is 1.88 bits per heavy atom. The molecule has 1 fully saturated rings. The highest BCUT2D eigenvalue weighted by Gasteiger charge is 2.36. The summed E-state index contributed by atoms with van der Waals surface area (Å²) in [5.74, 6) is 0. The van der Waals surface area contributed by atoms with Crippen LogP contribution in [0, 0.1) is 0 Å². The molecule has 1 heterocycles. The highest BCUT2D eigenvalue weighted by Crippen LogP contribution is 2.14. The monoisotopic (exact) mass is 256 g/mol. The van der Waals surface area contributed by atoms with Gasteiger partial charge >= 0.3 is 0 Å². The molecular formula is C9H20O8. The molecule has 0 aliphatic carbocycles. The van der Waals surface area contributed by atoms with Crippen molar-refractivity contribution in [3.8, 4) is 0 Å². The average molecular weight is 256 g/mol. The lowest BCUT2D eigenvalue weighted by Gasteiger charge is -2.34. The van der Waals surface area contributed by atoms with Crippen molar-refractivity contribution in [1.29, 1.82) is 0 Å². The van der Waals surface area contributed by atoms with E-state index in [0.717, 1.165) is 0 Å². The molecule has 8 heteroatoms. The number of aliphatic hydroxyl groups excluding tert-OH is 7. The zero-order valence-corrected chi connectivity index (χ0v) is 9.25. The summed E-state index contributed by atoms with van der Waals surface area (Å²) in [5, 5.41) is 59.7. The predicted molar refractivity (Wildman–Crippen MR) is 55.0 cm³/mol. The van der Waals surface area contributed by atoms with Gasteiger partial charge in [0.2, 0.25) is 0 Å². The third-order valence-corrected chi connectivity index (χ3v) is 2.21. The SMILES string of the molecule is OCC(O)CO.OC[C@H]1OC[C@H](O)[C@@H](O)[C@H]1O. The van der Waals surface area contributed by atoms with Gasteiger partial charge in [-0.2, -0.15) is 0 Å². The second-order valence-electron chi connectivity index (χ2n) is 3.62. The summed E-state index contributed by atoms with van der Waals surface area (Å²) in [4.78, 5) is 0. The van der Waals surface area contributed by atoms with Crippen LogP contribution in [0.3, 0.4) is 0 Å². The summed E-state index contributed by atoms with van der Waals surface area (Å²) in [6, 6.07) is 0. The molecule has 104 valence electrons. The van der Waals surface area contributed by atoms with E-state index >= 15 is 0 Å². The summed E-state index contributed by atoms with van der Waals surface area (Å²) >= 11 is 0. The van der Waals surface area contributed by atoms with Crippen LogP contribution in [-0.2, 0) is 4.74 Å². The highest BCUT2D eigenvalue weighted by atomic mass is 16.5. The van der Waals surface area contributed by atoms with Crippen molar-refractivity contribution in [2.24, 2.45) is 0 Å². The number of aliphatic hydroxyl groups is 7. The highest BCUT2D eigenvalue weighted by molar-refractivity contribution is 4.85. The minimum absolute atomic E-state index is 0.0521. The zero-order chi connectivity index (χ0) is 13.4. The fourth-order valence-electron chi connectivity index (χ4n) is 1.09. The molecule has 1 saturated heterocycles. The molecule has 17 heavy (non-hydrogen) atoms. The maximum Gasteiger partial charge on any atom is 0.111 e. The topological polar surface area (TPSA) is 151 Å². The van der Waals surface area contributed by atoms with E-state index in [2.05, 4.69) is 0 Å². The molecule has 0 saturated carbocycles. The van der Waals surface area contributed by atoms with Crippen LogP contribution >= 0.6 is 0 Å². The van der Waals surface area contributed by atoms with Gasteiger partial charge < -0.3 is 40.5 Å². The van der Waals surface area contributed by atoms with Crippen LogP contribution in [0.5, 0.6) is 0 Å². The lowest BCUT2D eigenvalue weighted by atomic mass is 10.0. The van der Waals surface area contributed by atoms with Crippen molar-refractivity contribution in [1.82, 2.24) is 0 Å². The van der Waals surface area contributed by atoms with Crippen LogP contribution in [0.15, 0.2) is 0 Å². The Hall–Kier alpha value is -0.320. The second kappa shape index (κ2) is 8.72. The minimum atomic E-state index is -1.22. The molecule has 0 unspecified atom stereocenters. The van der Waals surface area contributed by atoms with Crippen LogP contribution < -0.4 is 0 Å². The molecule has 1 aliphatic rings. The van der Waals surface area contributed by atoms with Gasteiger partial charge in [0.1, 0.15) is 30.5 Å². The van der Waals surface area contributed by atoms with Crippen LogP contribution in [0.4, 0.5) is 0 Å². The summed E-state index contributed by atoms with van der Waals surface area (Å²) in [6.07, 6.45) is -5.23. The van der Waals surface area contributed by atoms with E-state index in [1.165, 1.54) is 0 Å². The van der Waals surface area contributed by atoms with Crippen molar-refractivity contribution < 1.29 is 40.5 Å². The van der Waals surface area contributed by atoms with Gasteiger partial charge in [-0.25, -0.2) is 0 Å². The first-order valence-corrected chi connectivity index (χ1v) is 5.14. The van der Waals surface area contributed by atoms with Crippen LogP contribution in [0.2, 0.25) is 0 Å². The Morgan fingerprint density at radius 1 is 1.00 bits per heavy atom. The Balaban J connectivity index is 0.000000366. The fourth-order valence-corrected chi connectivity index (χ4v) is 1.09. The Bertz CT molecular complexity index is 184. The van der Waals surface area contributed by atoms with E-state index in [-0.39, 0.29) is 26.4 Å². The van der Waals surface area contributed by atoms with Crippen molar-refractivity contribution in [3.05, 3.63) is 0 Å². The van der Waals surface area contributed by atoms with E-state index in [1.807, 2.05) is 0 Å². The molecule has 0 bridgehead atoms. The maximum atomic E-state index is 9.11. The molecule has 0 aromatic heterocycles. The third kappa shape index (κ3) is 5.70. The zero-order valence-electron chi connectivity index (χ0n) is 9.25. The molecule has 0 radical (unpaired) electrons. The number of ether oxygens (including phenoxy) is 1. The summed E-state index contributed by atoms with van der Waals surface area (Å²) < 4.78 is 4.81. The van der Waals surface area contributed by atoms with Crippen molar-refractivity contribution in [2.45, 2.75) is 30.5 Å². The van der Waals surface area contributed by atoms with Crippen molar-refractivity contribution in [2.75, 3.05) is 26.4 Å². The lowest BCUT2D eigenvalue weighted by molar-refractivity contribution is -0.195. The number of rotatable bonds is 3. The van der Waals surface area contributed by atoms with Crippen LogP contribution in [-0.4, -0.2) is 92.7 Å². The molecule has 4 atom stereocenters. The van der Waals surface area contributed by atoms with E-state index in [0.29, 0.717) is 0 Å². The largest absolute Gasteiger partial charge is 0.394 e. The van der Waals surface area contributed by atoms with Gasteiger partial charge in [-0.1, -0.05) is 0 Å². The molecule has 8 nitrogen and oxygen atoms in total. The molecule has 7 N–H and O–H groups in total. The normalized spacial score (nSPS) is 33.2. The Labute approximate surface area is 98.3 Å². The molecule has 1 aliphatic heterocycles. The average Bonchev–Trinajstić information content (AvgIpc) is 2.36.